The summed E-state index contributed by atoms with van der Waals surface area (Å²) in [5.41, 5.74) is 5.74. The molecule has 0 saturated carbocycles. The van der Waals surface area contributed by atoms with Crippen LogP contribution in [0.2, 0.25) is 0 Å². The Morgan fingerprint density at radius 1 is 1.24 bits per heavy atom. The number of hydrogen-bond donors (Lipinski definition) is 2. The summed E-state index contributed by atoms with van der Waals surface area (Å²) in [5.74, 6) is -0.0943. The molecule has 25 heavy (non-hydrogen) atoms. The van der Waals surface area contributed by atoms with Crippen LogP contribution in [0.15, 0.2) is 22.1 Å². The molecule has 0 unspecified atom stereocenters. The lowest BCUT2D eigenvalue weighted by molar-refractivity contribution is -0.115. The molecule has 2 N–H and O–H groups in total. The average molecular weight is 357 g/mol. The van der Waals surface area contributed by atoms with Crippen molar-refractivity contribution in [3.63, 3.8) is 0 Å². The second-order valence-electron chi connectivity index (χ2n) is 6.67. The second kappa shape index (κ2) is 7.04. The van der Waals surface area contributed by atoms with Crippen molar-refractivity contribution in [1.29, 1.82) is 0 Å². The van der Waals surface area contributed by atoms with E-state index < -0.39 is 0 Å². The normalized spacial score (nSPS) is 14.2. The van der Waals surface area contributed by atoms with Crippen LogP contribution < -0.4 is 10.9 Å². The molecule has 1 atom stereocenters. The lowest BCUT2D eigenvalue weighted by atomic mass is 10.1. The van der Waals surface area contributed by atoms with Gasteiger partial charge in [-0.05, 0) is 58.1 Å². The molecule has 1 aromatic carbocycles. The number of thioether (sulfide) groups is 1. The van der Waals surface area contributed by atoms with E-state index in [1.807, 2.05) is 27.7 Å². The molecule has 1 heterocycles. The number of anilines is 1. The minimum Gasteiger partial charge on any atom is -0.325 e. The van der Waals surface area contributed by atoms with Gasteiger partial charge in [0.15, 0.2) is 5.16 Å². The third-order valence-electron chi connectivity index (χ3n) is 4.50. The van der Waals surface area contributed by atoms with Gasteiger partial charge in [-0.2, -0.15) is 0 Å². The summed E-state index contributed by atoms with van der Waals surface area (Å²) in [7, 11) is 0. The van der Waals surface area contributed by atoms with Crippen LogP contribution in [0.25, 0.3) is 0 Å². The van der Waals surface area contributed by atoms with Gasteiger partial charge in [-0.15, -0.1) is 0 Å². The molecule has 6 heteroatoms. The zero-order valence-corrected chi connectivity index (χ0v) is 15.8. The Balaban J connectivity index is 1.74. The Kier molecular flexibility index (Phi) is 4.99. The molecule has 132 valence electrons. The van der Waals surface area contributed by atoms with E-state index in [0.717, 1.165) is 47.3 Å². The molecule has 0 radical (unpaired) electrons. The number of benzene rings is 1. The van der Waals surface area contributed by atoms with Gasteiger partial charge in [-0.1, -0.05) is 29.5 Å². The van der Waals surface area contributed by atoms with Gasteiger partial charge in [-0.3, -0.25) is 9.59 Å². The van der Waals surface area contributed by atoms with E-state index in [1.54, 1.807) is 0 Å². The molecular formula is C19H23N3O2S. The molecule has 2 aromatic rings. The number of aromatic nitrogens is 2. The fourth-order valence-electron chi connectivity index (χ4n) is 3.30. The predicted octanol–water partition coefficient (Wildman–Crippen LogP) is 3.30. The van der Waals surface area contributed by atoms with Crippen LogP contribution in [0.3, 0.4) is 0 Å². The summed E-state index contributed by atoms with van der Waals surface area (Å²) in [4.78, 5) is 32.0. The third kappa shape index (κ3) is 3.79. The van der Waals surface area contributed by atoms with Crippen LogP contribution in [-0.4, -0.2) is 21.1 Å². The number of carbonyl (C=O) groups excluding carboxylic acids is 1. The van der Waals surface area contributed by atoms with E-state index in [4.69, 9.17) is 0 Å². The standard InChI is InChI=1S/C19H23N3O2S/c1-10-8-11(2)16(12(3)9-10)21-17(23)13(4)25-19-20-15-7-5-6-14(15)18(24)22-19/h8-9,13H,5-7H2,1-4H3,(H,21,23)(H,20,22,24)/t13-/m1/s1. The van der Waals surface area contributed by atoms with E-state index >= 15 is 0 Å². The Hall–Kier alpha value is -2.08. The molecule has 1 amide bonds. The summed E-state index contributed by atoms with van der Waals surface area (Å²) >= 11 is 1.29. The van der Waals surface area contributed by atoms with E-state index in [9.17, 15) is 9.59 Å². The van der Waals surface area contributed by atoms with Crippen LogP contribution in [0, 0.1) is 20.8 Å². The van der Waals surface area contributed by atoms with Gasteiger partial charge in [0, 0.05) is 11.3 Å². The number of aryl methyl sites for hydroxylation is 4. The molecule has 1 aliphatic rings. The first-order chi connectivity index (χ1) is 11.8. The van der Waals surface area contributed by atoms with E-state index in [0.29, 0.717) is 5.16 Å². The monoisotopic (exact) mass is 357 g/mol. The lowest BCUT2D eigenvalue weighted by Crippen LogP contribution is -2.24. The fraction of sp³-hybridized carbons (Fsp3) is 0.421. The van der Waals surface area contributed by atoms with Gasteiger partial charge in [-0.25, -0.2) is 4.98 Å². The number of rotatable bonds is 4. The van der Waals surface area contributed by atoms with Gasteiger partial charge in [0.1, 0.15) is 0 Å². The molecule has 0 bridgehead atoms. The summed E-state index contributed by atoms with van der Waals surface area (Å²) in [6, 6.07) is 4.11. The zero-order chi connectivity index (χ0) is 18.1. The van der Waals surface area contributed by atoms with Crippen LogP contribution >= 0.6 is 11.8 Å². The summed E-state index contributed by atoms with van der Waals surface area (Å²) < 4.78 is 0. The van der Waals surface area contributed by atoms with Crippen molar-refractivity contribution in [3.8, 4) is 0 Å². The molecule has 0 spiro atoms. The number of aromatic amines is 1. The van der Waals surface area contributed by atoms with E-state index in [-0.39, 0.29) is 16.7 Å². The van der Waals surface area contributed by atoms with Crippen LogP contribution in [0.4, 0.5) is 5.69 Å². The maximum Gasteiger partial charge on any atom is 0.254 e. The predicted molar refractivity (Wildman–Crippen MR) is 101 cm³/mol. The van der Waals surface area contributed by atoms with Crippen LogP contribution in [0.1, 0.15) is 41.3 Å². The highest BCUT2D eigenvalue weighted by Gasteiger charge is 2.21. The molecule has 3 rings (SSSR count). The first-order valence-electron chi connectivity index (χ1n) is 8.52. The number of nitrogens with one attached hydrogen (secondary N) is 2. The Morgan fingerprint density at radius 3 is 2.60 bits per heavy atom. The minimum atomic E-state index is -0.359. The maximum atomic E-state index is 12.6. The van der Waals surface area contributed by atoms with Gasteiger partial charge in [0.2, 0.25) is 5.91 Å². The minimum absolute atomic E-state index is 0.0668. The van der Waals surface area contributed by atoms with Crippen LogP contribution in [0.5, 0.6) is 0 Å². The molecule has 0 fully saturated rings. The highest BCUT2D eigenvalue weighted by atomic mass is 32.2. The topological polar surface area (TPSA) is 74.8 Å². The summed E-state index contributed by atoms with van der Waals surface area (Å²) in [6.45, 7) is 7.85. The number of amides is 1. The van der Waals surface area contributed by atoms with Crippen molar-refractivity contribution in [1.82, 2.24) is 9.97 Å². The van der Waals surface area contributed by atoms with Crippen molar-refractivity contribution in [2.24, 2.45) is 0 Å². The first kappa shape index (κ1) is 17.7. The van der Waals surface area contributed by atoms with Crippen LogP contribution in [-0.2, 0) is 17.6 Å². The number of nitrogens with zero attached hydrogens (tertiary/aromatic N) is 1. The van der Waals surface area contributed by atoms with Crippen molar-refractivity contribution in [2.75, 3.05) is 5.32 Å². The third-order valence-corrected chi connectivity index (χ3v) is 5.49. The number of carbonyl (C=O) groups is 1. The zero-order valence-electron chi connectivity index (χ0n) is 15.0. The summed E-state index contributed by atoms with van der Waals surface area (Å²) in [5, 5.41) is 3.17. The van der Waals surface area contributed by atoms with Gasteiger partial charge < -0.3 is 10.3 Å². The number of H-pyrrole nitrogens is 1. The second-order valence-corrected chi connectivity index (χ2v) is 8.00. The van der Waals surface area contributed by atoms with E-state index in [1.165, 1.54) is 17.3 Å². The summed E-state index contributed by atoms with van der Waals surface area (Å²) in [6.07, 6.45) is 2.61. The maximum absolute atomic E-state index is 12.6. The lowest BCUT2D eigenvalue weighted by Gasteiger charge is -2.16. The molecule has 0 saturated heterocycles. The molecular weight excluding hydrogens is 334 g/mol. The Labute approximate surface area is 151 Å². The van der Waals surface area contributed by atoms with Crippen molar-refractivity contribution >= 4 is 23.4 Å². The molecule has 1 aliphatic carbocycles. The Morgan fingerprint density at radius 2 is 1.92 bits per heavy atom. The SMILES string of the molecule is Cc1cc(C)c(NC(=O)[C@@H](C)Sc2nc3c(c(=O)[nH]2)CCC3)c(C)c1. The van der Waals surface area contributed by atoms with Gasteiger partial charge >= 0.3 is 0 Å². The highest BCUT2D eigenvalue weighted by molar-refractivity contribution is 8.00. The molecule has 0 aliphatic heterocycles. The van der Waals surface area contributed by atoms with Crippen molar-refractivity contribution < 1.29 is 4.79 Å². The number of fused-ring (bicyclic) bond motifs is 1. The van der Waals surface area contributed by atoms with Crippen molar-refractivity contribution in [3.05, 3.63) is 50.4 Å². The fourth-order valence-corrected chi connectivity index (χ4v) is 4.11. The largest absolute Gasteiger partial charge is 0.325 e. The van der Waals surface area contributed by atoms with E-state index in [2.05, 4.69) is 27.4 Å². The van der Waals surface area contributed by atoms with Gasteiger partial charge in [0.25, 0.3) is 5.56 Å². The quantitative estimate of drug-likeness (QED) is 0.650. The Bertz CT molecular complexity index is 866. The average Bonchev–Trinajstić information content (AvgIpc) is 2.99. The first-order valence-corrected chi connectivity index (χ1v) is 9.40. The highest BCUT2D eigenvalue weighted by Crippen LogP contribution is 2.26. The number of hydrogen-bond acceptors (Lipinski definition) is 4. The van der Waals surface area contributed by atoms with Crippen molar-refractivity contribution in [2.45, 2.75) is 57.4 Å². The molecule has 1 aromatic heterocycles. The smallest absolute Gasteiger partial charge is 0.254 e. The van der Waals surface area contributed by atoms with Gasteiger partial charge in [0.05, 0.1) is 10.9 Å². The molecule has 5 nitrogen and oxygen atoms in total.